The first kappa shape index (κ1) is 19.3. The monoisotopic (exact) mass is 377 g/mol. The van der Waals surface area contributed by atoms with Gasteiger partial charge in [-0.25, -0.2) is 16.8 Å². The van der Waals surface area contributed by atoms with Crippen molar-refractivity contribution >= 4 is 19.9 Å². The van der Waals surface area contributed by atoms with Crippen LogP contribution in [-0.4, -0.2) is 68.2 Å². The molecule has 0 saturated carbocycles. The number of benzene rings is 1. The molecule has 0 radical (unpaired) electrons. The van der Waals surface area contributed by atoms with Crippen molar-refractivity contribution in [3.63, 3.8) is 0 Å². The van der Waals surface area contributed by atoms with E-state index in [1.807, 2.05) is 6.92 Å². The number of aliphatic hydroxyl groups excluding tert-OH is 2. The molecule has 2 atom stereocenters. The predicted molar refractivity (Wildman–Crippen MR) is 90.0 cm³/mol. The molecule has 1 aromatic rings. The van der Waals surface area contributed by atoms with Crippen LogP contribution in [0.25, 0.3) is 0 Å². The van der Waals surface area contributed by atoms with Crippen molar-refractivity contribution in [1.82, 2.24) is 4.31 Å². The van der Waals surface area contributed by atoms with E-state index in [4.69, 9.17) is 5.11 Å². The van der Waals surface area contributed by atoms with Gasteiger partial charge in [0, 0.05) is 12.6 Å². The number of sulfonamides is 1. The summed E-state index contributed by atoms with van der Waals surface area (Å²) in [6.45, 7) is 2.58. The van der Waals surface area contributed by atoms with Gasteiger partial charge in [-0.2, -0.15) is 4.31 Å². The Labute approximate surface area is 142 Å². The summed E-state index contributed by atoms with van der Waals surface area (Å²) in [7, 11) is -7.28. The van der Waals surface area contributed by atoms with Crippen molar-refractivity contribution in [3.8, 4) is 0 Å². The Hall–Kier alpha value is -1.00. The molecule has 0 amide bonds. The van der Waals surface area contributed by atoms with Crippen LogP contribution in [0, 0.1) is 13.8 Å². The molecule has 0 bridgehead atoms. The first-order valence-electron chi connectivity index (χ1n) is 7.65. The molecule has 1 aromatic carbocycles. The molecular formula is C15H23NO6S2. The summed E-state index contributed by atoms with van der Waals surface area (Å²) in [6, 6.07) is 4.16. The fourth-order valence-corrected chi connectivity index (χ4v) is 6.65. The Bertz CT molecular complexity index is 803. The molecule has 1 heterocycles. The summed E-state index contributed by atoms with van der Waals surface area (Å²) < 4.78 is 50.6. The molecule has 1 aliphatic heterocycles. The molecule has 1 fully saturated rings. The van der Waals surface area contributed by atoms with Crippen LogP contribution in [-0.2, 0) is 19.9 Å². The van der Waals surface area contributed by atoms with Crippen LogP contribution in [0.2, 0.25) is 0 Å². The van der Waals surface area contributed by atoms with E-state index < -0.39 is 38.6 Å². The summed E-state index contributed by atoms with van der Waals surface area (Å²) in [5.74, 6) is -0.346. The van der Waals surface area contributed by atoms with Gasteiger partial charge in [0.1, 0.15) is 0 Å². The van der Waals surface area contributed by atoms with Gasteiger partial charge in [-0.05, 0) is 31.9 Å². The van der Waals surface area contributed by atoms with Crippen LogP contribution in [0.15, 0.2) is 23.1 Å². The highest BCUT2D eigenvalue weighted by Gasteiger charge is 2.40. The van der Waals surface area contributed by atoms with Crippen LogP contribution < -0.4 is 0 Å². The smallest absolute Gasteiger partial charge is 0.243 e. The Kier molecular flexibility index (Phi) is 5.71. The lowest BCUT2D eigenvalue weighted by Crippen LogP contribution is -2.46. The predicted octanol–water partition coefficient (Wildman–Crippen LogP) is -0.166. The lowest BCUT2D eigenvalue weighted by Gasteiger charge is -2.29. The van der Waals surface area contributed by atoms with Gasteiger partial charge in [0.15, 0.2) is 9.84 Å². The Morgan fingerprint density at radius 2 is 2.00 bits per heavy atom. The SMILES string of the molecule is Cc1ccc(S(=O)(=O)N(C[C@H](O)CO)[C@@H]2CCS(=O)(=O)C2)c(C)c1. The van der Waals surface area contributed by atoms with E-state index in [0.717, 1.165) is 9.87 Å². The van der Waals surface area contributed by atoms with Crippen molar-refractivity contribution in [2.45, 2.75) is 37.3 Å². The molecule has 0 aliphatic carbocycles. The van der Waals surface area contributed by atoms with Gasteiger partial charge in [-0.1, -0.05) is 17.7 Å². The molecule has 0 spiro atoms. The molecule has 9 heteroatoms. The summed E-state index contributed by atoms with van der Waals surface area (Å²) in [6.07, 6.45) is -1.08. The second-order valence-electron chi connectivity index (χ2n) is 6.24. The number of sulfone groups is 1. The summed E-state index contributed by atoms with van der Waals surface area (Å²) in [4.78, 5) is 0.0857. The number of aliphatic hydroxyl groups is 2. The number of hydrogen-bond donors (Lipinski definition) is 2. The molecule has 0 aromatic heterocycles. The van der Waals surface area contributed by atoms with Gasteiger partial charge in [-0.15, -0.1) is 0 Å². The average Bonchev–Trinajstić information content (AvgIpc) is 2.83. The van der Waals surface area contributed by atoms with E-state index in [1.165, 1.54) is 6.07 Å². The summed E-state index contributed by atoms with van der Waals surface area (Å²) >= 11 is 0. The largest absolute Gasteiger partial charge is 0.394 e. The van der Waals surface area contributed by atoms with Crippen molar-refractivity contribution in [2.24, 2.45) is 0 Å². The number of nitrogens with zero attached hydrogens (tertiary/aromatic N) is 1. The summed E-state index contributed by atoms with van der Waals surface area (Å²) in [5.41, 5.74) is 1.47. The van der Waals surface area contributed by atoms with Gasteiger partial charge in [-0.3, -0.25) is 0 Å². The van der Waals surface area contributed by atoms with E-state index in [9.17, 15) is 21.9 Å². The molecular weight excluding hydrogens is 354 g/mol. The van der Waals surface area contributed by atoms with Crippen LogP contribution in [0.3, 0.4) is 0 Å². The molecule has 136 valence electrons. The lowest BCUT2D eigenvalue weighted by molar-refractivity contribution is 0.0730. The number of aryl methyl sites for hydroxylation is 2. The van der Waals surface area contributed by atoms with Crippen molar-refractivity contribution in [2.75, 3.05) is 24.7 Å². The molecule has 0 unspecified atom stereocenters. The summed E-state index contributed by atoms with van der Waals surface area (Å²) in [5, 5.41) is 18.8. The van der Waals surface area contributed by atoms with E-state index in [-0.39, 0.29) is 29.4 Å². The highest BCUT2D eigenvalue weighted by atomic mass is 32.2. The molecule has 1 aliphatic rings. The van der Waals surface area contributed by atoms with Gasteiger partial charge < -0.3 is 10.2 Å². The third kappa shape index (κ3) is 4.15. The van der Waals surface area contributed by atoms with Crippen LogP contribution in [0.1, 0.15) is 17.5 Å². The number of hydrogen-bond acceptors (Lipinski definition) is 6. The molecule has 2 N–H and O–H groups in total. The zero-order valence-electron chi connectivity index (χ0n) is 13.7. The maximum atomic E-state index is 13.1. The fraction of sp³-hybridized carbons (Fsp3) is 0.600. The van der Waals surface area contributed by atoms with Gasteiger partial charge in [0.05, 0.1) is 29.1 Å². The van der Waals surface area contributed by atoms with Crippen molar-refractivity contribution < 1.29 is 27.0 Å². The molecule has 2 rings (SSSR count). The minimum atomic E-state index is -3.99. The van der Waals surface area contributed by atoms with E-state index in [0.29, 0.717) is 5.56 Å². The van der Waals surface area contributed by atoms with E-state index in [1.54, 1.807) is 19.1 Å². The molecule has 24 heavy (non-hydrogen) atoms. The average molecular weight is 377 g/mol. The second-order valence-corrected chi connectivity index (χ2v) is 10.3. The van der Waals surface area contributed by atoms with Crippen LogP contribution in [0.4, 0.5) is 0 Å². The zero-order chi connectivity index (χ0) is 18.1. The Morgan fingerprint density at radius 1 is 1.33 bits per heavy atom. The zero-order valence-corrected chi connectivity index (χ0v) is 15.3. The van der Waals surface area contributed by atoms with Crippen LogP contribution >= 0.6 is 0 Å². The maximum absolute atomic E-state index is 13.1. The Balaban J connectivity index is 2.45. The number of rotatable bonds is 6. The second kappa shape index (κ2) is 7.09. The van der Waals surface area contributed by atoms with Gasteiger partial charge in [0.2, 0.25) is 10.0 Å². The third-order valence-electron chi connectivity index (χ3n) is 4.13. The van der Waals surface area contributed by atoms with E-state index >= 15 is 0 Å². The minimum absolute atomic E-state index is 0.0776. The molecule has 1 saturated heterocycles. The normalized spacial score (nSPS) is 22.0. The minimum Gasteiger partial charge on any atom is -0.394 e. The highest BCUT2D eigenvalue weighted by Crippen LogP contribution is 2.27. The fourth-order valence-electron chi connectivity index (χ4n) is 2.93. The third-order valence-corrected chi connectivity index (χ3v) is 7.96. The lowest BCUT2D eigenvalue weighted by atomic mass is 10.2. The topological polar surface area (TPSA) is 112 Å². The van der Waals surface area contributed by atoms with Crippen LogP contribution in [0.5, 0.6) is 0 Å². The van der Waals surface area contributed by atoms with Gasteiger partial charge >= 0.3 is 0 Å². The first-order chi connectivity index (χ1) is 11.1. The van der Waals surface area contributed by atoms with E-state index in [2.05, 4.69) is 0 Å². The highest BCUT2D eigenvalue weighted by molar-refractivity contribution is 7.92. The first-order valence-corrected chi connectivity index (χ1v) is 10.9. The van der Waals surface area contributed by atoms with Crippen molar-refractivity contribution in [3.05, 3.63) is 29.3 Å². The maximum Gasteiger partial charge on any atom is 0.243 e. The Morgan fingerprint density at radius 3 is 2.50 bits per heavy atom. The standard InChI is InChI=1S/C15H23NO6S2/c1-11-3-4-15(12(2)7-11)24(21,22)16(8-14(18)9-17)13-5-6-23(19,20)10-13/h3-4,7,13-14,17-18H,5-6,8-10H2,1-2H3/t13-,14+/m1/s1. The van der Waals surface area contributed by atoms with Crippen molar-refractivity contribution in [1.29, 1.82) is 0 Å². The molecule has 7 nitrogen and oxygen atoms in total. The van der Waals surface area contributed by atoms with Gasteiger partial charge in [0.25, 0.3) is 0 Å². The quantitative estimate of drug-likeness (QED) is 0.712.